The van der Waals surface area contributed by atoms with Crippen LogP contribution in [0.15, 0.2) is 12.1 Å². The van der Waals surface area contributed by atoms with Crippen LogP contribution >= 0.6 is 0 Å². The van der Waals surface area contributed by atoms with Crippen LogP contribution < -0.4 is 11.1 Å². The Morgan fingerprint density at radius 1 is 1.36 bits per heavy atom. The van der Waals surface area contributed by atoms with E-state index >= 15 is 0 Å². The summed E-state index contributed by atoms with van der Waals surface area (Å²) in [5.41, 5.74) is 5.71. The zero-order valence-corrected chi connectivity index (χ0v) is 9.04. The summed E-state index contributed by atoms with van der Waals surface area (Å²) in [7, 11) is 0. The zero-order valence-electron chi connectivity index (χ0n) is 9.04. The number of nitrogen functional groups attached to an aromatic ring is 1. The van der Waals surface area contributed by atoms with Gasteiger partial charge in [0, 0.05) is 6.54 Å². The summed E-state index contributed by atoms with van der Waals surface area (Å²) in [5.74, 6) is 1.23. The van der Waals surface area contributed by atoms with Gasteiger partial charge >= 0.3 is 0 Å². The summed E-state index contributed by atoms with van der Waals surface area (Å²) in [6.07, 6.45) is 1.13. The molecular formula is C10H18N4. The number of rotatable bonds is 4. The Kier molecular flexibility index (Phi) is 3.28. The number of hydrogen-bond acceptors (Lipinski definition) is 4. The van der Waals surface area contributed by atoms with Crippen LogP contribution in [0.1, 0.15) is 27.2 Å². The molecule has 14 heavy (non-hydrogen) atoms. The number of nitrogens with two attached hydrogens (primary N) is 1. The molecule has 0 saturated carbocycles. The molecule has 0 radical (unpaired) electrons. The molecule has 0 saturated heterocycles. The highest BCUT2D eigenvalue weighted by atomic mass is 15.2. The van der Waals surface area contributed by atoms with Gasteiger partial charge in [0.2, 0.25) is 0 Å². The smallest absolute Gasteiger partial charge is 0.148 e. The molecule has 4 nitrogen and oxygen atoms in total. The monoisotopic (exact) mass is 194 g/mol. The minimum absolute atomic E-state index is 0.281. The lowest BCUT2D eigenvalue weighted by Crippen LogP contribution is -2.22. The van der Waals surface area contributed by atoms with Gasteiger partial charge in [-0.1, -0.05) is 20.8 Å². The molecule has 0 bridgehead atoms. The summed E-state index contributed by atoms with van der Waals surface area (Å²) in [6, 6.07) is 3.59. The maximum Gasteiger partial charge on any atom is 0.148 e. The molecule has 78 valence electrons. The molecule has 0 spiro atoms. The first-order chi connectivity index (χ1) is 6.53. The van der Waals surface area contributed by atoms with Crippen molar-refractivity contribution in [2.24, 2.45) is 5.41 Å². The van der Waals surface area contributed by atoms with Gasteiger partial charge in [-0.25, -0.2) is 0 Å². The van der Waals surface area contributed by atoms with E-state index in [2.05, 4.69) is 36.3 Å². The molecule has 3 N–H and O–H groups in total. The Labute approximate surface area is 84.9 Å². The first-order valence-electron chi connectivity index (χ1n) is 4.86. The highest BCUT2D eigenvalue weighted by Crippen LogP contribution is 2.19. The summed E-state index contributed by atoms with van der Waals surface area (Å²) >= 11 is 0. The van der Waals surface area contributed by atoms with E-state index in [9.17, 15) is 0 Å². The normalized spacial score (nSPS) is 11.4. The molecule has 1 aromatic heterocycles. The van der Waals surface area contributed by atoms with Gasteiger partial charge in [-0.15, -0.1) is 10.2 Å². The molecule has 0 aliphatic heterocycles. The lowest BCUT2D eigenvalue weighted by Gasteiger charge is -2.22. The molecule has 0 aliphatic rings. The number of nitrogens with zero attached hydrogens (tertiary/aromatic N) is 2. The Morgan fingerprint density at radius 3 is 2.57 bits per heavy atom. The van der Waals surface area contributed by atoms with Gasteiger partial charge in [0.1, 0.15) is 11.6 Å². The van der Waals surface area contributed by atoms with Crippen LogP contribution in [0.25, 0.3) is 0 Å². The fourth-order valence-corrected chi connectivity index (χ4v) is 0.892. The average molecular weight is 194 g/mol. The van der Waals surface area contributed by atoms with Crippen molar-refractivity contribution in [3.8, 4) is 0 Å². The number of nitrogens with one attached hydrogen (secondary N) is 1. The van der Waals surface area contributed by atoms with Gasteiger partial charge in [0.25, 0.3) is 0 Å². The topological polar surface area (TPSA) is 63.8 Å². The third-order valence-electron chi connectivity index (χ3n) is 2.39. The third kappa shape index (κ3) is 3.20. The first-order valence-corrected chi connectivity index (χ1v) is 4.86. The highest BCUT2D eigenvalue weighted by molar-refractivity contribution is 5.38. The van der Waals surface area contributed by atoms with E-state index in [0.29, 0.717) is 5.82 Å². The van der Waals surface area contributed by atoms with E-state index in [1.807, 2.05) is 6.07 Å². The molecule has 0 unspecified atom stereocenters. The van der Waals surface area contributed by atoms with Crippen molar-refractivity contribution in [1.82, 2.24) is 10.2 Å². The van der Waals surface area contributed by atoms with Crippen LogP contribution in [0, 0.1) is 5.41 Å². The SMILES string of the molecule is CCC(C)(C)CNc1ccc(N)nn1. The molecule has 1 heterocycles. The molecule has 4 heteroatoms. The number of anilines is 2. The van der Waals surface area contributed by atoms with Crippen LogP contribution in [0.2, 0.25) is 0 Å². The fraction of sp³-hybridized carbons (Fsp3) is 0.600. The van der Waals surface area contributed by atoms with E-state index in [1.54, 1.807) is 6.07 Å². The van der Waals surface area contributed by atoms with E-state index in [-0.39, 0.29) is 5.41 Å². The van der Waals surface area contributed by atoms with Crippen LogP contribution in [0.3, 0.4) is 0 Å². The molecule has 1 rings (SSSR count). The van der Waals surface area contributed by atoms with E-state index in [4.69, 9.17) is 5.73 Å². The van der Waals surface area contributed by atoms with E-state index in [0.717, 1.165) is 18.8 Å². The zero-order chi connectivity index (χ0) is 10.6. The van der Waals surface area contributed by atoms with Crippen molar-refractivity contribution >= 4 is 11.6 Å². The fourth-order valence-electron chi connectivity index (χ4n) is 0.892. The Balaban J connectivity index is 2.50. The minimum Gasteiger partial charge on any atom is -0.382 e. The van der Waals surface area contributed by atoms with Crippen molar-refractivity contribution in [3.63, 3.8) is 0 Å². The van der Waals surface area contributed by atoms with E-state index < -0.39 is 0 Å². The quantitative estimate of drug-likeness (QED) is 0.768. The summed E-state index contributed by atoms with van der Waals surface area (Å²) in [5, 5.41) is 10.9. The van der Waals surface area contributed by atoms with Gasteiger partial charge in [-0.2, -0.15) is 0 Å². The highest BCUT2D eigenvalue weighted by Gasteiger charge is 2.14. The third-order valence-corrected chi connectivity index (χ3v) is 2.39. The van der Waals surface area contributed by atoms with Crippen LogP contribution in [0.5, 0.6) is 0 Å². The Bertz CT molecular complexity index is 279. The van der Waals surface area contributed by atoms with Crippen LogP contribution in [-0.2, 0) is 0 Å². The van der Waals surface area contributed by atoms with Gasteiger partial charge in [0.05, 0.1) is 0 Å². The lowest BCUT2D eigenvalue weighted by molar-refractivity contribution is 0.376. The molecule has 1 aromatic rings. The van der Waals surface area contributed by atoms with Gasteiger partial charge < -0.3 is 11.1 Å². The summed E-state index contributed by atoms with van der Waals surface area (Å²) in [6.45, 7) is 7.49. The van der Waals surface area contributed by atoms with Crippen molar-refractivity contribution < 1.29 is 0 Å². The second kappa shape index (κ2) is 4.26. The lowest BCUT2D eigenvalue weighted by atomic mass is 9.90. The van der Waals surface area contributed by atoms with Gasteiger partial charge in [-0.05, 0) is 24.0 Å². The summed E-state index contributed by atoms with van der Waals surface area (Å²) < 4.78 is 0. The maximum atomic E-state index is 5.43. The van der Waals surface area contributed by atoms with Crippen molar-refractivity contribution in [1.29, 1.82) is 0 Å². The number of hydrogen-bond donors (Lipinski definition) is 2. The Morgan fingerprint density at radius 2 is 2.07 bits per heavy atom. The molecule has 0 aliphatic carbocycles. The maximum absolute atomic E-state index is 5.43. The predicted molar refractivity (Wildman–Crippen MR) is 59.0 cm³/mol. The molecule has 0 aromatic carbocycles. The molecule has 0 fully saturated rings. The van der Waals surface area contributed by atoms with Gasteiger partial charge in [0.15, 0.2) is 0 Å². The second-order valence-electron chi connectivity index (χ2n) is 4.21. The molecule has 0 atom stereocenters. The largest absolute Gasteiger partial charge is 0.382 e. The Hall–Kier alpha value is -1.32. The van der Waals surface area contributed by atoms with Crippen molar-refractivity contribution in [2.75, 3.05) is 17.6 Å². The minimum atomic E-state index is 0.281. The summed E-state index contributed by atoms with van der Waals surface area (Å²) in [4.78, 5) is 0. The van der Waals surface area contributed by atoms with E-state index in [1.165, 1.54) is 0 Å². The number of aromatic nitrogens is 2. The molecule has 0 amide bonds. The van der Waals surface area contributed by atoms with Crippen molar-refractivity contribution in [2.45, 2.75) is 27.2 Å². The van der Waals surface area contributed by atoms with Crippen LogP contribution in [0.4, 0.5) is 11.6 Å². The predicted octanol–water partition coefficient (Wildman–Crippen LogP) is 1.91. The first kappa shape index (κ1) is 10.8. The standard InChI is InChI=1S/C10H18N4/c1-4-10(2,3)7-12-9-6-5-8(11)13-14-9/h5-6H,4,7H2,1-3H3,(H2,11,13)(H,12,14). The second-order valence-corrected chi connectivity index (χ2v) is 4.21. The molecular weight excluding hydrogens is 176 g/mol. The van der Waals surface area contributed by atoms with Crippen LogP contribution in [-0.4, -0.2) is 16.7 Å². The van der Waals surface area contributed by atoms with Crippen molar-refractivity contribution in [3.05, 3.63) is 12.1 Å². The average Bonchev–Trinajstić information content (AvgIpc) is 2.17. The van der Waals surface area contributed by atoms with Gasteiger partial charge in [-0.3, -0.25) is 0 Å².